The van der Waals surface area contributed by atoms with Gasteiger partial charge in [0.1, 0.15) is 5.82 Å². The molecule has 17 heavy (non-hydrogen) atoms. The molecule has 1 N–H and O–H groups in total. The van der Waals surface area contributed by atoms with Gasteiger partial charge in [-0.2, -0.15) is 0 Å². The van der Waals surface area contributed by atoms with E-state index in [9.17, 15) is 9.50 Å². The van der Waals surface area contributed by atoms with Gasteiger partial charge in [0.25, 0.3) is 0 Å². The molecule has 2 aliphatic carbocycles. The summed E-state index contributed by atoms with van der Waals surface area (Å²) in [5.74, 6) is 0.729. The minimum absolute atomic E-state index is 0.147. The molecule has 1 nitrogen and oxygen atoms in total. The van der Waals surface area contributed by atoms with E-state index >= 15 is 0 Å². The molecule has 2 bridgehead atoms. The molecule has 92 valence electrons. The molecule has 0 aliphatic heterocycles. The van der Waals surface area contributed by atoms with Crippen LogP contribution in [0.2, 0.25) is 5.02 Å². The van der Waals surface area contributed by atoms with E-state index in [1.54, 1.807) is 12.1 Å². The Hall–Kier alpha value is -0.600. The van der Waals surface area contributed by atoms with Gasteiger partial charge in [-0.1, -0.05) is 17.7 Å². The van der Waals surface area contributed by atoms with Crippen molar-refractivity contribution >= 4 is 11.6 Å². The molecule has 2 saturated carbocycles. The molecule has 3 heteroatoms. The average molecular weight is 255 g/mol. The lowest BCUT2D eigenvalue weighted by Crippen LogP contribution is -2.37. The van der Waals surface area contributed by atoms with Crippen LogP contribution in [0.1, 0.15) is 31.2 Å². The second kappa shape index (κ2) is 3.96. The molecule has 0 spiro atoms. The van der Waals surface area contributed by atoms with Gasteiger partial charge < -0.3 is 5.11 Å². The Balaban J connectivity index is 1.80. The standard InChI is InChI=1S/C14H16ClFO/c15-12-6-10(2-4-13(12)16)8-14(17)7-9-1-3-11(14)5-9/h2,4,6,9,11,17H,1,3,5,7-8H2. The van der Waals surface area contributed by atoms with Crippen LogP contribution in [-0.2, 0) is 6.42 Å². The number of rotatable bonds is 2. The van der Waals surface area contributed by atoms with Gasteiger partial charge in [0, 0.05) is 6.42 Å². The summed E-state index contributed by atoms with van der Waals surface area (Å²) in [5, 5.41) is 10.8. The molecule has 0 radical (unpaired) electrons. The van der Waals surface area contributed by atoms with Crippen LogP contribution < -0.4 is 0 Å². The van der Waals surface area contributed by atoms with Gasteiger partial charge in [-0.15, -0.1) is 0 Å². The predicted octanol–water partition coefficient (Wildman–Crippen LogP) is 3.57. The average Bonchev–Trinajstić information content (AvgIpc) is 2.83. The number of hydrogen-bond donors (Lipinski definition) is 1. The van der Waals surface area contributed by atoms with Crippen LogP contribution in [0.25, 0.3) is 0 Å². The van der Waals surface area contributed by atoms with Gasteiger partial charge in [0.2, 0.25) is 0 Å². The van der Waals surface area contributed by atoms with Crippen molar-refractivity contribution < 1.29 is 9.50 Å². The number of hydrogen-bond acceptors (Lipinski definition) is 1. The van der Waals surface area contributed by atoms with Crippen LogP contribution >= 0.6 is 11.6 Å². The van der Waals surface area contributed by atoms with Crippen LogP contribution in [0.4, 0.5) is 4.39 Å². The lowest BCUT2D eigenvalue weighted by Gasteiger charge is -2.32. The van der Waals surface area contributed by atoms with E-state index in [4.69, 9.17) is 11.6 Å². The first-order valence-electron chi connectivity index (χ1n) is 6.23. The maximum absolute atomic E-state index is 13.1. The highest BCUT2D eigenvalue weighted by molar-refractivity contribution is 6.30. The molecular formula is C14H16ClFO. The zero-order chi connectivity index (χ0) is 12.0. The summed E-state index contributed by atoms with van der Waals surface area (Å²) in [6.45, 7) is 0. The molecule has 2 aliphatic rings. The zero-order valence-electron chi connectivity index (χ0n) is 9.63. The summed E-state index contributed by atoms with van der Waals surface area (Å²) < 4.78 is 13.1. The summed E-state index contributed by atoms with van der Waals surface area (Å²) in [7, 11) is 0. The van der Waals surface area contributed by atoms with Gasteiger partial charge >= 0.3 is 0 Å². The fraction of sp³-hybridized carbons (Fsp3) is 0.571. The first-order chi connectivity index (χ1) is 8.07. The van der Waals surface area contributed by atoms with Crippen molar-refractivity contribution in [1.82, 2.24) is 0 Å². The molecule has 2 fully saturated rings. The molecular weight excluding hydrogens is 239 g/mol. The fourth-order valence-electron chi connectivity index (χ4n) is 3.63. The van der Waals surface area contributed by atoms with Crippen molar-refractivity contribution in [3.8, 4) is 0 Å². The number of benzene rings is 1. The summed E-state index contributed by atoms with van der Waals surface area (Å²) in [6.07, 6.45) is 5.06. The molecule has 0 aromatic heterocycles. The van der Waals surface area contributed by atoms with Crippen LogP contribution in [0.3, 0.4) is 0 Å². The Morgan fingerprint density at radius 3 is 2.82 bits per heavy atom. The maximum atomic E-state index is 13.1. The van der Waals surface area contributed by atoms with Crippen molar-refractivity contribution in [2.75, 3.05) is 0 Å². The van der Waals surface area contributed by atoms with E-state index in [0.29, 0.717) is 18.3 Å². The third-order valence-electron chi connectivity index (χ3n) is 4.44. The third kappa shape index (κ3) is 1.98. The first-order valence-corrected chi connectivity index (χ1v) is 6.61. The highest BCUT2D eigenvalue weighted by Crippen LogP contribution is 2.51. The van der Waals surface area contributed by atoms with E-state index in [1.165, 1.54) is 12.5 Å². The van der Waals surface area contributed by atoms with Crippen molar-refractivity contribution in [3.05, 3.63) is 34.6 Å². The fourth-order valence-corrected chi connectivity index (χ4v) is 3.84. The summed E-state index contributed by atoms with van der Waals surface area (Å²) >= 11 is 5.77. The minimum atomic E-state index is -0.579. The minimum Gasteiger partial charge on any atom is -0.389 e. The quantitative estimate of drug-likeness (QED) is 0.856. The molecule has 0 amide bonds. The Bertz CT molecular complexity index is 448. The van der Waals surface area contributed by atoms with E-state index in [-0.39, 0.29) is 5.02 Å². The van der Waals surface area contributed by atoms with Crippen molar-refractivity contribution in [2.24, 2.45) is 11.8 Å². The molecule has 1 aromatic rings. The van der Waals surface area contributed by atoms with Gasteiger partial charge in [-0.25, -0.2) is 4.39 Å². The molecule has 3 rings (SSSR count). The van der Waals surface area contributed by atoms with Crippen LogP contribution in [0, 0.1) is 17.7 Å². The highest BCUT2D eigenvalue weighted by Gasteiger charge is 2.49. The second-order valence-corrected chi connectivity index (χ2v) is 6.02. The molecule has 0 heterocycles. The van der Waals surface area contributed by atoms with Gasteiger partial charge in [-0.3, -0.25) is 0 Å². The molecule has 0 saturated heterocycles. The largest absolute Gasteiger partial charge is 0.389 e. The van der Waals surface area contributed by atoms with Crippen LogP contribution in [-0.4, -0.2) is 10.7 Å². The predicted molar refractivity (Wildman–Crippen MR) is 65.5 cm³/mol. The van der Waals surface area contributed by atoms with Gasteiger partial charge in [0.05, 0.1) is 10.6 Å². The number of aliphatic hydroxyl groups is 1. The molecule has 1 aromatic carbocycles. The monoisotopic (exact) mass is 254 g/mol. The van der Waals surface area contributed by atoms with Crippen molar-refractivity contribution in [1.29, 1.82) is 0 Å². The van der Waals surface area contributed by atoms with Crippen LogP contribution in [0.5, 0.6) is 0 Å². The van der Waals surface area contributed by atoms with E-state index in [1.807, 2.05) is 0 Å². The van der Waals surface area contributed by atoms with E-state index in [0.717, 1.165) is 24.8 Å². The van der Waals surface area contributed by atoms with Crippen LogP contribution in [0.15, 0.2) is 18.2 Å². The maximum Gasteiger partial charge on any atom is 0.141 e. The third-order valence-corrected chi connectivity index (χ3v) is 4.73. The number of fused-ring (bicyclic) bond motifs is 2. The number of halogens is 2. The van der Waals surface area contributed by atoms with Crippen molar-refractivity contribution in [2.45, 2.75) is 37.7 Å². The topological polar surface area (TPSA) is 20.2 Å². The van der Waals surface area contributed by atoms with E-state index in [2.05, 4.69) is 0 Å². The van der Waals surface area contributed by atoms with E-state index < -0.39 is 11.4 Å². The lowest BCUT2D eigenvalue weighted by atomic mass is 9.80. The second-order valence-electron chi connectivity index (χ2n) is 5.61. The Morgan fingerprint density at radius 2 is 2.24 bits per heavy atom. The Kier molecular flexibility index (Phi) is 2.68. The Morgan fingerprint density at radius 1 is 1.41 bits per heavy atom. The molecule has 3 atom stereocenters. The summed E-state index contributed by atoms with van der Waals surface area (Å²) in [4.78, 5) is 0. The SMILES string of the molecule is OC1(Cc2ccc(F)c(Cl)c2)CC2CCC1C2. The normalized spacial score (nSPS) is 35.5. The lowest BCUT2D eigenvalue weighted by molar-refractivity contribution is -0.0125. The zero-order valence-corrected chi connectivity index (χ0v) is 10.4. The Labute approximate surface area is 106 Å². The highest BCUT2D eigenvalue weighted by atomic mass is 35.5. The smallest absolute Gasteiger partial charge is 0.141 e. The summed E-state index contributed by atoms with van der Waals surface area (Å²) in [6, 6.07) is 4.75. The summed E-state index contributed by atoms with van der Waals surface area (Å²) in [5.41, 5.74) is 0.357. The molecule has 3 unspecified atom stereocenters. The van der Waals surface area contributed by atoms with Crippen molar-refractivity contribution in [3.63, 3.8) is 0 Å². The first kappa shape index (κ1) is 11.5. The van der Waals surface area contributed by atoms with Gasteiger partial charge in [-0.05, 0) is 55.2 Å². The van der Waals surface area contributed by atoms with Gasteiger partial charge in [0.15, 0.2) is 0 Å².